The van der Waals surface area contributed by atoms with Gasteiger partial charge in [-0.25, -0.2) is 0 Å². The summed E-state index contributed by atoms with van der Waals surface area (Å²) in [6, 6.07) is 8.54. The molecular formula is C14H20BrNO2. The lowest BCUT2D eigenvalue weighted by Crippen LogP contribution is -2.24. The maximum atomic E-state index is 11.2. The van der Waals surface area contributed by atoms with Gasteiger partial charge in [0.2, 0.25) is 0 Å². The smallest absolute Gasteiger partial charge is 0.307 e. The Morgan fingerprint density at radius 1 is 1.33 bits per heavy atom. The zero-order valence-electron chi connectivity index (χ0n) is 10.9. The van der Waals surface area contributed by atoms with Crippen LogP contribution >= 0.6 is 15.9 Å². The molecule has 3 nitrogen and oxygen atoms in total. The third-order valence-corrected chi connectivity index (χ3v) is 3.23. The highest BCUT2D eigenvalue weighted by Gasteiger charge is 2.09. The minimum absolute atomic E-state index is 0.143. The summed E-state index contributed by atoms with van der Waals surface area (Å²) >= 11 is 3.42. The summed E-state index contributed by atoms with van der Waals surface area (Å²) in [5.41, 5.74) is 1.24. The molecular weight excluding hydrogens is 294 g/mol. The molecule has 0 saturated heterocycles. The summed E-state index contributed by atoms with van der Waals surface area (Å²) in [5.74, 6) is -0.143. The molecule has 18 heavy (non-hydrogen) atoms. The zero-order valence-corrected chi connectivity index (χ0v) is 12.5. The number of carbonyl (C=O) groups is 1. The van der Waals surface area contributed by atoms with E-state index in [-0.39, 0.29) is 12.0 Å². The Bertz CT molecular complexity index is 365. The second-order valence-electron chi connectivity index (χ2n) is 4.02. The van der Waals surface area contributed by atoms with Crippen molar-refractivity contribution in [3.63, 3.8) is 0 Å². The molecule has 0 aliphatic heterocycles. The van der Waals surface area contributed by atoms with E-state index < -0.39 is 0 Å². The van der Waals surface area contributed by atoms with Gasteiger partial charge >= 0.3 is 5.97 Å². The standard InChI is InChI=1S/C14H20BrNO2/c1-3-13(11-5-7-12(15)8-6-11)16-10-9-14(17)18-4-2/h5-8,13,16H,3-4,9-10H2,1-2H3. The molecule has 1 rings (SSSR count). The predicted molar refractivity (Wildman–Crippen MR) is 76.4 cm³/mol. The van der Waals surface area contributed by atoms with E-state index in [9.17, 15) is 4.79 Å². The van der Waals surface area contributed by atoms with Gasteiger partial charge in [0.1, 0.15) is 0 Å². The number of hydrogen-bond acceptors (Lipinski definition) is 3. The number of esters is 1. The van der Waals surface area contributed by atoms with Crippen LogP contribution in [0, 0.1) is 0 Å². The minimum Gasteiger partial charge on any atom is -0.466 e. The van der Waals surface area contributed by atoms with Gasteiger partial charge in [-0.15, -0.1) is 0 Å². The van der Waals surface area contributed by atoms with Crippen LogP contribution in [0.4, 0.5) is 0 Å². The fourth-order valence-electron chi connectivity index (χ4n) is 1.77. The van der Waals surface area contributed by atoms with E-state index >= 15 is 0 Å². The van der Waals surface area contributed by atoms with E-state index in [1.807, 2.05) is 19.1 Å². The molecule has 0 bridgehead atoms. The van der Waals surface area contributed by atoms with E-state index in [0.29, 0.717) is 19.6 Å². The Hall–Kier alpha value is -0.870. The number of nitrogens with one attached hydrogen (secondary N) is 1. The Morgan fingerprint density at radius 2 is 2.00 bits per heavy atom. The fourth-order valence-corrected chi connectivity index (χ4v) is 2.04. The number of benzene rings is 1. The van der Waals surface area contributed by atoms with Gasteiger partial charge in [-0.2, -0.15) is 0 Å². The summed E-state index contributed by atoms with van der Waals surface area (Å²) in [4.78, 5) is 11.2. The topological polar surface area (TPSA) is 38.3 Å². The highest BCUT2D eigenvalue weighted by Crippen LogP contribution is 2.19. The summed E-state index contributed by atoms with van der Waals surface area (Å²) < 4.78 is 5.97. The molecule has 0 heterocycles. The first-order valence-corrected chi connectivity index (χ1v) is 7.11. The van der Waals surface area contributed by atoms with E-state index in [1.165, 1.54) is 5.56 Å². The molecule has 0 aromatic heterocycles. The molecule has 1 unspecified atom stereocenters. The molecule has 0 fully saturated rings. The van der Waals surface area contributed by atoms with E-state index in [2.05, 4.69) is 40.3 Å². The lowest BCUT2D eigenvalue weighted by molar-refractivity contribution is -0.143. The van der Waals surface area contributed by atoms with Crippen molar-refractivity contribution in [2.45, 2.75) is 32.7 Å². The number of ether oxygens (including phenoxy) is 1. The normalized spacial score (nSPS) is 12.2. The second kappa shape index (κ2) is 8.27. The molecule has 4 heteroatoms. The average molecular weight is 314 g/mol. The van der Waals surface area contributed by atoms with Crippen LogP contribution in [0.15, 0.2) is 28.7 Å². The van der Waals surface area contributed by atoms with Crippen molar-refractivity contribution in [3.05, 3.63) is 34.3 Å². The van der Waals surface area contributed by atoms with Crippen molar-refractivity contribution in [1.29, 1.82) is 0 Å². The highest BCUT2D eigenvalue weighted by molar-refractivity contribution is 9.10. The molecule has 1 aromatic carbocycles. The summed E-state index contributed by atoms with van der Waals surface area (Å²) in [6.07, 6.45) is 1.41. The Balaban J connectivity index is 2.42. The van der Waals surface area contributed by atoms with E-state index in [4.69, 9.17) is 4.74 Å². The second-order valence-corrected chi connectivity index (χ2v) is 4.94. The molecule has 0 spiro atoms. The number of hydrogen-bond donors (Lipinski definition) is 1. The van der Waals surface area contributed by atoms with Crippen molar-refractivity contribution in [1.82, 2.24) is 5.32 Å². The molecule has 0 aliphatic rings. The van der Waals surface area contributed by atoms with Crippen molar-refractivity contribution < 1.29 is 9.53 Å². The fraction of sp³-hybridized carbons (Fsp3) is 0.500. The van der Waals surface area contributed by atoms with Crippen LogP contribution in [0.1, 0.15) is 38.3 Å². The quantitative estimate of drug-likeness (QED) is 0.784. The lowest BCUT2D eigenvalue weighted by atomic mass is 10.0. The highest BCUT2D eigenvalue weighted by atomic mass is 79.9. The molecule has 0 saturated carbocycles. The first-order chi connectivity index (χ1) is 8.67. The predicted octanol–water partition coefficient (Wildman–Crippen LogP) is 3.44. The van der Waals surface area contributed by atoms with Crippen LogP contribution in [0.5, 0.6) is 0 Å². The van der Waals surface area contributed by atoms with Crippen LogP contribution in [0.25, 0.3) is 0 Å². The van der Waals surface area contributed by atoms with E-state index in [1.54, 1.807) is 0 Å². The Kier molecular flexibility index (Phi) is 6.98. The van der Waals surface area contributed by atoms with Gasteiger partial charge in [0, 0.05) is 17.1 Å². The summed E-state index contributed by atoms with van der Waals surface area (Å²) in [6.45, 7) is 5.04. The van der Waals surface area contributed by atoms with Crippen LogP contribution in [0.2, 0.25) is 0 Å². The molecule has 1 aromatic rings. The average Bonchev–Trinajstić information content (AvgIpc) is 2.36. The number of halogens is 1. The summed E-state index contributed by atoms with van der Waals surface area (Å²) in [5, 5.41) is 3.38. The SMILES string of the molecule is CCOC(=O)CCNC(CC)c1ccc(Br)cc1. The van der Waals surface area contributed by atoms with Crippen molar-refractivity contribution in [2.24, 2.45) is 0 Å². The van der Waals surface area contributed by atoms with Crippen LogP contribution in [0.3, 0.4) is 0 Å². The van der Waals surface area contributed by atoms with Crippen LogP contribution in [-0.2, 0) is 9.53 Å². The monoisotopic (exact) mass is 313 g/mol. The van der Waals surface area contributed by atoms with Gasteiger partial charge in [0.15, 0.2) is 0 Å². The largest absolute Gasteiger partial charge is 0.466 e. The van der Waals surface area contributed by atoms with Crippen LogP contribution < -0.4 is 5.32 Å². The maximum absolute atomic E-state index is 11.2. The zero-order chi connectivity index (χ0) is 13.4. The molecule has 0 aliphatic carbocycles. The third-order valence-electron chi connectivity index (χ3n) is 2.71. The first-order valence-electron chi connectivity index (χ1n) is 6.31. The Labute approximate surface area is 117 Å². The maximum Gasteiger partial charge on any atom is 0.307 e. The van der Waals surface area contributed by atoms with Gasteiger partial charge in [-0.05, 0) is 31.0 Å². The molecule has 100 valence electrons. The van der Waals surface area contributed by atoms with Crippen molar-refractivity contribution in [3.8, 4) is 0 Å². The van der Waals surface area contributed by atoms with Gasteiger partial charge in [-0.3, -0.25) is 4.79 Å². The van der Waals surface area contributed by atoms with E-state index in [0.717, 1.165) is 10.9 Å². The van der Waals surface area contributed by atoms with Crippen molar-refractivity contribution >= 4 is 21.9 Å². The summed E-state index contributed by atoms with van der Waals surface area (Å²) in [7, 11) is 0. The van der Waals surface area contributed by atoms with Gasteiger partial charge in [0.25, 0.3) is 0 Å². The van der Waals surface area contributed by atoms with Crippen molar-refractivity contribution in [2.75, 3.05) is 13.2 Å². The first kappa shape index (κ1) is 15.2. The molecule has 1 atom stereocenters. The van der Waals surface area contributed by atoms with Gasteiger partial charge in [-0.1, -0.05) is 35.0 Å². The Morgan fingerprint density at radius 3 is 2.56 bits per heavy atom. The number of rotatable bonds is 7. The molecule has 0 amide bonds. The third kappa shape index (κ3) is 5.19. The minimum atomic E-state index is -0.143. The van der Waals surface area contributed by atoms with Crippen LogP contribution in [-0.4, -0.2) is 19.1 Å². The molecule has 1 N–H and O–H groups in total. The lowest BCUT2D eigenvalue weighted by Gasteiger charge is -2.17. The number of carbonyl (C=O) groups excluding carboxylic acids is 1. The van der Waals surface area contributed by atoms with Gasteiger partial charge < -0.3 is 10.1 Å². The van der Waals surface area contributed by atoms with Gasteiger partial charge in [0.05, 0.1) is 13.0 Å². The molecule has 0 radical (unpaired) electrons.